The second-order valence-corrected chi connectivity index (χ2v) is 27.9. The standard InChI is InChI=1S/C54H74O5Si2/c1-10-11-28-40-54(8,59-61(53(5,6)7,45-33-22-16-23-34-45)46-35-24-17-25-36-46)41-39-47-48(37-26-12-13-27-38-51(56)57-9)50(42-49(47)55)58-60(52(2,3)4,43-29-18-14-19-30-43)44-31-20-15-21-32-44/h12,14-26,29-36,39,41,47-50,55H,10-11,13,27-28,37-38,40,42H2,1-9H3/t47-,48+,49+,50+,54?/m0/s1. The van der Waals surface area contributed by atoms with E-state index in [2.05, 4.69) is 201 Å². The Hall–Kier alpha value is -3.86. The van der Waals surface area contributed by atoms with E-state index in [0.717, 1.165) is 44.9 Å². The van der Waals surface area contributed by atoms with E-state index in [1.807, 2.05) is 0 Å². The van der Waals surface area contributed by atoms with Crippen molar-refractivity contribution in [3.05, 3.63) is 146 Å². The van der Waals surface area contributed by atoms with E-state index in [4.69, 9.17) is 13.6 Å². The van der Waals surface area contributed by atoms with E-state index in [-0.39, 0.29) is 34.0 Å². The first-order chi connectivity index (χ1) is 29.1. The Morgan fingerprint density at radius 1 is 0.689 bits per heavy atom. The zero-order valence-corrected chi connectivity index (χ0v) is 40.6. The molecule has 0 spiro atoms. The summed E-state index contributed by atoms with van der Waals surface area (Å²) < 4.78 is 20.7. The Morgan fingerprint density at radius 3 is 1.61 bits per heavy atom. The molecule has 0 amide bonds. The van der Waals surface area contributed by atoms with E-state index < -0.39 is 28.3 Å². The summed E-state index contributed by atoms with van der Waals surface area (Å²) in [6.07, 6.45) is 15.6. The Kier molecular flexibility index (Phi) is 17.0. The fraction of sp³-hybridized carbons (Fsp3) is 0.463. The van der Waals surface area contributed by atoms with Crippen LogP contribution in [0.3, 0.4) is 0 Å². The molecular weight excluding hydrogens is 785 g/mol. The highest BCUT2D eigenvalue weighted by Gasteiger charge is 2.55. The van der Waals surface area contributed by atoms with Gasteiger partial charge in [-0.15, -0.1) is 0 Å². The third kappa shape index (κ3) is 11.4. The molecule has 0 saturated heterocycles. The Morgan fingerprint density at radius 2 is 1.16 bits per heavy atom. The highest BCUT2D eigenvalue weighted by Crippen LogP contribution is 2.46. The molecule has 1 saturated carbocycles. The molecule has 0 bridgehead atoms. The average Bonchev–Trinajstić information content (AvgIpc) is 3.55. The van der Waals surface area contributed by atoms with E-state index in [9.17, 15) is 9.90 Å². The first-order valence-corrected chi connectivity index (χ1v) is 26.6. The number of allylic oxidation sites excluding steroid dienone is 2. The van der Waals surface area contributed by atoms with E-state index in [1.54, 1.807) is 0 Å². The van der Waals surface area contributed by atoms with Gasteiger partial charge in [0.15, 0.2) is 0 Å². The Bertz CT molecular complexity index is 1890. The molecule has 328 valence electrons. The van der Waals surface area contributed by atoms with Crippen molar-refractivity contribution in [3.63, 3.8) is 0 Å². The van der Waals surface area contributed by atoms with E-state index >= 15 is 0 Å². The van der Waals surface area contributed by atoms with Crippen LogP contribution in [0.25, 0.3) is 0 Å². The monoisotopic (exact) mass is 859 g/mol. The third-order valence-electron chi connectivity index (χ3n) is 12.9. The maximum atomic E-state index is 12.3. The number of benzene rings is 4. The van der Waals surface area contributed by atoms with Crippen LogP contribution in [0.15, 0.2) is 146 Å². The van der Waals surface area contributed by atoms with Crippen molar-refractivity contribution in [2.75, 3.05) is 7.11 Å². The fourth-order valence-corrected chi connectivity index (χ4v) is 19.3. The summed E-state index contributed by atoms with van der Waals surface area (Å²) in [6, 6.07) is 43.5. The SMILES string of the molecule is CCCCCC(C)(C=C[C@H]1[C@@H](CC=CCCCC(=O)OC)[C@H](O[Si](c2ccccc2)(c2ccccc2)C(C)(C)C)C[C@H]1O)O[Si](c1ccccc1)(c1ccccc1)C(C)(C)C. The van der Waals surface area contributed by atoms with Gasteiger partial charge in [-0.3, -0.25) is 4.79 Å². The Balaban J connectivity index is 1.61. The first kappa shape index (κ1) is 48.2. The number of ether oxygens (including phenoxy) is 1. The van der Waals surface area contributed by atoms with Gasteiger partial charge in [0, 0.05) is 12.3 Å². The van der Waals surface area contributed by atoms with Gasteiger partial charge < -0.3 is 18.7 Å². The van der Waals surface area contributed by atoms with Gasteiger partial charge in [-0.1, -0.05) is 213 Å². The van der Waals surface area contributed by atoms with Crippen LogP contribution in [0.4, 0.5) is 0 Å². The molecule has 1 unspecified atom stereocenters. The van der Waals surface area contributed by atoms with Crippen molar-refractivity contribution in [1.29, 1.82) is 0 Å². The molecule has 0 heterocycles. The van der Waals surface area contributed by atoms with Gasteiger partial charge in [0.05, 0.1) is 24.9 Å². The summed E-state index contributed by atoms with van der Waals surface area (Å²) in [5, 5.41) is 16.9. The topological polar surface area (TPSA) is 65.0 Å². The molecule has 61 heavy (non-hydrogen) atoms. The molecule has 7 heteroatoms. The molecule has 0 radical (unpaired) electrons. The summed E-state index contributed by atoms with van der Waals surface area (Å²) in [7, 11) is -4.41. The predicted octanol–water partition coefficient (Wildman–Crippen LogP) is 10.7. The maximum absolute atomic E-state index is 12.3. The summed E-state index contributed by atoms with van der Waals surface area (Å²) in [5.74, 6) is -0.327. The second kappa shape index (κ2) is 21.5. The maximum Gasteiger partial charge on any atom is 0.305 e. The highest BCUT2D eigenvalue weighted by atomic mass is 28.4. The lowest BCUT2D eigenvalue weighted by Crippen LogP contribution is -2.69. The zero-order valence-electron chi connectivity index (χ0n) is 38.6. The minimum absolute atomic E-state index is 0.0116. The Labute approximate surface area is 370 Å². The van der Waals surface area contributed by atoms with Gasteiger partial charge in [-0.2, -0.15) is 0 Å². The van der Waals surface area contributed by atoms with Crippen molar-refractivity contribution in [2.45, 2.75) is 141 Å². The van der Waals surface area contributed by atoms with Crippen molar-refractivity contribution in [2.24, 2.45) is 11.8 Å². The van der Waals surface area contributed by atoms with Gasteiger partial charge in [0.1, 0.15) is 0 Å². The van der Waals surface area contributed by atoms with E-state index in [1.165, 1.54) is 27.9 Å². The molecule has 5 atom stereocenters. The summed E-state index contributed by atoms with van der Waals surface area (Å²) in [6.45, 7) is 18.5. The molecule has 5 nitrogen and oxygen atoms in total. The van der Waals surface area contributed by atoms with Gasteiger partial charge in [0.2, 0.25) is 0 Å². The smallest absolute Gasteiger partial charge is 0.305 e. The number of methoxy groups -OCH3 is 1. The fourth-order valence-electron chi connectivity index (χ4n) is 9.78. The van der Waals surface area contributed by atoms with Gasteiger partial charge in [-0.25, -0.2) is 0 Å². The number of aliphatic hydroxyl groups is 1. The minimum atomic E-state index is -2.93. The highest BCUT2D eigenvalue weighted by molar-refractivity contribution is 7.00. The van der Waals surface area contributed by atoms with Crippen LogP contribution in [0.1, 0.15) is 113 Å². The molecule has 0 aromatic heterocycles. The lowest BCUT2D eigenvalue weighted by molar-refractivity contribution is -0.140. The second-order valence-electron chi connectivity index (χ2n) is 19.4. The number of aliphatic hydroxyl groups excluding tert-OH is 1. The molecule has 1 fully saturated rings. The minimum Gasteiger partial charge on any atom is -0.469 e. The lowest BCUT2D eigenvalue weighted by atomic mass is 9.88. The number of carbonyl (C=O) groups is 1. The summed E-state index contributed by atoms with van der Waals surface area (Å²) >= 11 is 0. The van der Waals surface area contributed by atoms with Crippen LogP contribution >= 0.6 is 0 Å². The average molecular weight is 859 g/mol. The van der Waals surface area contributed by atoms with Crippen molar-refractivity contribution in [1.82, 2.24) is 0 Å². The molecule has 1 N–H and O–H groups in total. The number of hydrogen-bond donors (Lipinski definition) is 1. The number of esters is 1. The van der Waals surface area contributed by atoms with Crippen molar-refractivity contribution in [3.8, 4) is 0 Å². The number of rotatable bonds is 20. The van der Waals surface area contributed by atoms with Crippen LogP contribution < -0.4 is 20.7 Å². The molecular formula is C54H74O5Si2. The molecule has 1 aliphatic carbocycles. The summed E-state index contributed by atoms with van der Waals surface area (Å²) in [4.78, 5) is 11.9. The number of hydrogen-bond acceptors (Lipinski definition) is 5. The van der Waals surface area contributed by atoms with Crippen molar-refractivity contribution >= 4 is 43.4 Å². The van der Waals surface area contributed by atoms with Crippen LogP contribution in [0, 0.1) is 11.8 Å². The predicted molar refractivity (Wildman–Crippen MR) is 260 cm³/mol. The van der Waals surface area contributed by atoms with Gasteiger partial charge in [0.25, 0.3) is 16.6 Å². The van der Waals surface area contributed by atoms with Crippen LogP contribution in [-0.2, 0) is 18.4 Å². The van der Waals surface area contributed by atoms with Gasteiger partial charge in [-0.05, 0) is 75.8 Å². The number of unbranched alkanes of at least 4 members (excludes halogenated alkanes) is 3. The quantitative estimate of drug-likeness (QED) is 0.0415. The molecule has 5 rings (SSSR count). The van der Waals surface area contributed by atoms with Crippen molar-refractivity contribution < 1.29 is 23.5 Å². The largest absolute Gasteiger partial charge is 0.469 e. The van der Waals surface area contributed by atoms with Gasteiger partial charge >= 0.3 is 5.97 Å². The lowest BCUT2D eigenvalue weighted by Gasteiger charge is -2.48. The molecule has 4 aromatic carbocycles. The van der Waals surface area contributed by atoms with Crippen LogP contribution in [0.5, 0.6) is 0 Å². The van der Waals surface area contributed by atoms with Crippen LogP contribution in [-0.4, -0.2) is 52.6 Å². The summed E-state index contributed by atoms with van der Waals surface area (Å²) in [5.41, 5.74) is -0.606. The van der Waals surface area contributed by atoms with E-state index in [0.29, 0.717) is 12.8 Å². The number of carbonyl (C=O) groups excluding carboxylic acids is 1. The third-order valence-corrected chi connectivity index (χ3v) is 23.2. The zero-order chi connectivity index (χ0) is 44.2. The molecule has 0 aliphatic heterocycles. The molecule has 4 aromatic rings. The molecule has 1 aliphatic rings. The first-order valence-electron chi connectivity index (χ1n) is 22.8. The van der Waals surface area contributed by atoms with Crippen LogP contribution in [0.2, 0.25) is 10.1 Å². The normalized spacial score (nSPS) is 20.0.